The SMILES string of the molecule is CCCC1CCC2CC(C3CCC(C(=O)Oc4ccc(C#N)c(F)c4F)CC3)CCC2C1. The smallest absolute Gasteiger partial charge is 0.314 e. The minimum atomic E-state index is -1.27. The summed E-state index contributed by atoms with van der Waals surface area (Å²) in [5.74, 6) is 0.550. The molecule has 174 valence electrons. The average molecular weight is 444 g/mol. The van der Waals surface area contributed by atoms with Crippen molar-refractivity contribution in [1.82, 2.24) is 0 Å². The highest BCUT2D eigenvalue weighted by atomic mass is 19.2. The van der Waals surface area contributed by atoms with Gasteiger partial charge in [0, 0.05) is 0 Å². The largest absolute Gasteiger partial charge is 0.423 e. The van der Waals surface area contributed by atoms with Crippen LogP contribution in [-0.4, -0.2) is 5.97 Å². The number of ether oxygens (including phenoxy) is 1. The van der Waals surface area contributed by atoms with Gasteiger partial charge in [0.05, 0.1) is 11.5 Å². The van der Waals surface area contributed by atoms with E-state index in [0.717, 1.165) is 61.5 Å². The topological polar surface area (TPSA) is 50.1 Å². The first-order valence-corrected chi connectivity index (χ1v) is 12.6. The van der Waals surface area contributed by atoms with Crippen LogP contribution in [0.1, 0.15) is 89.5 Å². The molecule has 4 rings (SSSR count). The summed E-state index contributed by atoms with van der Waals surface area (Å²) in [5, 5.41) is 8.78. The predicted octanol–water partition coefficient (Wildman–Crippen LogP) is 7.18. The molecular formula is C27H35F2NO2. The monoisotopic (exact) mass is 443 g/mol. The van der Waals surface area contributed by atoms with Gasteiger partial charge in [0.2, 0.25) is 5.82 Å². The second-order valence-corrected chi connectivity index (χ2v) is 10.4. The number of esters is 1. The molecule has 0 aromatic heterocycles. The molecule has 3 saturated carbocycles. The molecule has 0 radical (unpaired) electrons. The molecular weight excluding hydrogens is 408 g/mol. The number of nitriles is 1. The van der Waals surface area contributed by atoms with Crippen molar-refractivity contribution in [3.8, 4) is 11.8 Å². The minimum absolute atomic E-state index is 0.259. The molecule has 1 aromatic rings. The van der Waals surface area contributed by atoms with Crippen molar-refractivity contribution in [3.63, 3.8) is 0 Å². The van der Waals surface area contributed by atoms with Crippen molar-refractivity contribution in [2.75, 3.05) is 0 Å². The third-order valence-electron chi connectivity index (χ3n) is 8.61. The summed E-state index contributed by atoms with van der Waals surface area (Å²) in [5.41, 5.74) is -0.392. The number of hydrogen-bond donors (Lipinski definition) is 0. The van der Waals surface area contributed by atoms with Crippen LogP contribution in [-0.2, 0) is 4.79 Å². The Kier molecular flexibility index (Phi) is 7.48. The standard InChI is InChI=1S/C27H35F2NO2/c1-2-3-17-4-5-22-15-21(11-10-20(22)14-17)18-6-8-19(9-7-18)27(31)32-24-13-12-23(16-30)25(28)26(24)29/h12-13,17-22H,2-11,14-15H2,1H3. The number of rotatable bonds is 5. The Hall–Kier alpha value is -1.96. The van der Waals surface area contributed by atoms with Gasteiger partial charge in [-0.05, 0) is 99.5 Å². The van der Waals surface area contributed by atoms with E-state index in [-0.39, 0.29) is 5.92 Å². The number of carbonyl (C=O) groups excluding carboxylic acids is 1. The first kappa shape index (κ1) is 23.2. The number of nitrogens with zero attached hydrogens (tertiary/aromatic N) is 1. The average Bonchev–Trinajstić information content (AvgIpc) is 2.82. The molecule has 4 atom stereocenters. The van der Waals surface area contributed by atoms with E-state index in [2.05, 4.69) is 6.92 Å². The molecule has 4 unspecified atom stereocenters. The molecule has 0 N–H and O–H groups in total. The number of halogens is 2. The van der Waals surface area contributed by atoms with Crippen LogP contribution in [0.4, 0.5) is 8.78 Å². The van der Waals surface area contributed by atoms with Crippen LogP contribution in [0, 0.1) is 58.5 Å². The van der Waals surface area contributed by atoms with Crippen LogP contribution in [0.2, 0.25) is 0 Å². The molecule has 1 aromatic carbocycles. The maximum absolute atomic E-state index is 14.1. The molecule has 0 aliphatic heterocycles. The Bertz CT molecular complexity index is 856. The van der Waals surface area contributed by atoms with E-state index in [9.17, 15) is 13.6 Å². The minimum Gasteiger partial charge on any atom is -0.423 e. The lowest BCUT2D eigenvalue weighted by molar-refractivity contribution is -0.140. The summed E-state index contributed by atoms with van der Waals surface area (Å²) >= 11 is 0. The summed E-state index contributed by atoms with van der Waals surface area (Å²) in [6.07, 6.45) is 14.6. The maximum Gasteiger partial charge on any atom is 0.314 e. The Balaban J connectivity index is 1.26. The Morgan fingerprint density at radius 1 is 0.938 bits per heavy atom. The van der Waals surface area contributed by atoms with Crippen molar-refractivity contribution in [2.45, 2.75) is 84.0 Å². The summed E-state index contributed by atoms with van der Waals surface area (Å²) < 4.78 is 33.1. The van der Waals surface area contributed by atoms with Gasteiger partial charge in [-0.2, -0.15) is 9.65 Å². The van der Waals surface area contributed by atoms with E-state index in [4.69, 9.17) is 10.00 Å². The molecule has 0 saturated heterocycles. The second-order valence-electron chi connectivity index (χ2n) is 10.4. The highest BCUT2D eigenvalue weighted by Crippen LogP contribution is 2.49. The van der Waals surface area contributed by atoms with E-state index in [1.54, 1.807) is 6.07 Å². The van der Waals surface area contributed by atoms with Gasteiger partial charge in [-0.15, -0.1) is 0 Å². The molecule has 5 heteroatoms. The van der Waals surface area contributed by atoms with Crippen molar-refractivity contribution >= 4 is 5.97 Å². The summed E-state index contributed by atoms with van der Waals surface area (Å²) in [7, 11) is 0. The van der Waals surface area contributed by atoms with E-state index in [0.29, 0.717) is 5.92 Å². The molecule has 32 heavy (non-hydrogen) atoms. The van der Waals surface area contributed by atoms with Crippen molar-refractivity contribution < 1.29 is 18.3 Å². The van der Waals surface area contributed by atoms with Crippen LogP contribution in [0.25, 0.3) is 0 Å². The van der Waals surface area contributed by atoms with E-state index >= 15 is 0 Å². The quantitative estimate of drug-likeness (QED) is 0.358. The molecule has 3 aliphatic carbocycles. The fourth-order valence-electron chi connectivity index (χ4n) is 6.84. The van der Waals surface area contributed by atoms with Gasteiger partial charge in [-0.3, -0.25) is 4.79 Å². The normalized spacial score (nSPS) is 32.6. The summed E-state index contributed by atoms with van der Waals surface area (Å²) in [6.45, 7) is 2.30. The fraction of sp³-hybridized carbons (Fsp3) is 0.704. The third kappa shape index (κ3) is 5.00. The van der Waals surface area contributed by atoms with Crippen LogP contribution in [0.3, 0.4) is 0 Å². The fourth-order valence-corrected chi connectivity index (χ4v) is 6.84. The van der Waals surface area contributed by atoms with Crippen LogP contribution >= 0.6 is 0 Å². The lowest BCUT2D eigenvalue weighted by atomic mass is 9.60. The van der Waals surface area contributed by atoms with E-state index < -0.39 is 28.9 Å². The van der Waals surface area contributed by atoms with Gasteiger partial charge in [-0.1, -0.05) is 26.2 Å². The molecule has 3 aliphatic rings. The highest BCUT2D eigenvalue weighted by Gasteiger charge is 2.39. The van der Waals surface area contributed by atoms with Crippen molar-refractivity contribution in [3.05, 3.63) is 29.3 Å². The Morgan fingerprint density at radius 3 is 2.25 bits per heavy atom. The molecule has 0 spiro atoms. The molecule has 0 bridgehead atoms. The summed E-state index contributed by atoms with van der Waals surface area (Å²) in [4.78, 5) is 12.6. The maximum atomic E-state index is 14.1. The van der Waals surface area contributed by atoms with Gasteiger partial charge in [-0.25, -0.2) is 4.39 Å². The van der Waals surface area contributed by atoms with Crippen molar-refractivity contribution in [2.24, 2.45) is 35.5 Å². The van der Waals surface area contributed by atoms with Gasteiger partial charge < -0.3 is 4.74 Å². The van der Waals surface area contributed by atoms with Gasteiger partial charge in [0.25, 0.3) is 0 Å². The zero-order valence-corrected chi connectivity index (χ0v) is 19.1. The van der Waals surface area contributed by atoms with Crippen LogP contribution in [0.15, 0.2) is 12.1 Å². The third-order valence-corrected chi connectivity index (χ3v) is 8.61. The first-order valence-electron chi connectivity index (χ1n) is 12.6. The molecule has 3 nitrogen and oxygen atoms in total. The van der Waals surface area contributed by atoms with Crippen molar-refractivity contribution in [1.29, 1.82) is 5.26 Å². The Labute approximate surface area is 190 Å². The first-order chi connectivity index (χ1) is 15.5. The zero-order chi connectivity index (χ0) is 22.7. The van der Waals surface area contributed by atoms with Crippen LogP contribution < -0.4 is 4.74 Å². The number of carbonyl (C=O) groups is 1. The number of benzene rings is 1. The van der Waals surface area contributed by atoms with Gasteiger partial charge >= 0.3 is 5.97 Å². The Morgan fingerprint density at radius 2 is 1.56 bits per heavy atom. The zero-order valence-electron chi connectivity index (χ0n) is 19.1. The van der Waals surface area contributed by atoms with Gasteiger partial charge in [0.15, 0.2) is 11.6 Å². The summed E-state index contributed by atoms with van der Waals surface area (Å²) in [6, 6.07) is 3.89. The molecule has 0 amide bonds. The lowest BCUT2D eigenvalue weighted by Gasteiger charge is -2.45. The number of fused-ring (bicyclic) bond motifs is 1. The van der Waals surface area contributed by atoms with E-state index in [1.165, 1.54) is 51.4 Å². The second kappa shape index (κ2) is 10.3. The van der Waals surface area contributed by atoms with Crippen LogP contribution in [0.5, 0.6) is 5.75 Å². The predicted molar refractivity (Wildman–Crippen MR) is 119 cm³/mol. The molecule has 3 fully saturated rings. The molecule has 0 heterocycles. The van der Waals surface area contributed by atoms with Gasteiger partial charge in [0.1, 0.15) is 6.07 Å². The lowest BCUT2D eigenvalue weighted by Crippen LogP contribution is -2.35. The number of hydrogen-bond acceptors (Lipinski definition) is 3. The highest BCUT2D eigenvalue weighted by molar-refractivity contribution is 5.75. The van der Waals surface area contributed by atoms with E-state index in [1.807, 2.05) is 0 Å².